The summed E-state index contributed by atoms with van der Waals surface area (Å²) in [6, 6.07) is 11.4. The average molecular weight is 243 g/mol. The highest BCUT2D eigenvalue weighted by Gasteiger charge is 2.19. The first-order valence-electron chi connectivity index (χ1n) is 5.91. The van der Waals surface area contributed by atoms with Crippen LogP contribution in [0.3, 0.4) is 0 Å². The number of nitrogens with one attached hydrogen (secondary N) is 1. The van der Waals surface area contributed by atoms with E-state index in [2.05, 4.69) is 4.98 Å². The third kappa shape index (κ3) is 2.51. The molecule has 1 aromatic heterocycles. The van der Waals surface area contributed by atoms with Gasteiger partial charge in [-0.3, -0.25) is 4.79 Å². The standard InChI is InChI=1S/C15H17NO2/c1-10-4-6-11(7-5-10)13-9-8-12(14(17)16-13)15(2,3)18/h4-9,18H,1-3H3,(H,16,17). The zero-order chi connectivity index (χ0) is 13.3. The Bertz CT molecular complexity index is 604. The van der Waals surface area contributed by atoms with Crippen LogP contribution in [0.15, 0.2) is 41.2 Å². The first kappa shape index (κ1) is 12.6. The molecule has 94 valence electrons. The molecule has 0 fully saturated rings. The van der Waals surface area contributed by atoms with Gasteiger partial charge in [0.15, 0.2) is 0 Å². The van der Waals surface area contributed by atoms with E-state index in [4.69, 9.17) is 0 Å². The van der Waals surface area contributed by atoms with Gasteiger partial charge in [-0.2, -0.15) is 0 Å². The summed E-state index contributed by atoms with van der Waals surface area (Å²) in [5.41, 5.74) is 1.89. The zero-order valence-corrected chi connectivity index (χ0v) is 10.8. The monoisotopic (exact) mass is 243 g/mol. The molecule has 0 amide bonds. The van der Waals surface area contributed by atoms with Crippen LogP contribution in [-0.2, 0) is 5.60 Å². The van der Waals surface area contributed by atoms with Crippen molar-refractivity contribution in [3.63, 3.8) is 0 Å². The van der Waals surface area contributed by atoms with Crippen molar-refractivity contribution in [1.82, 2.24) is 4.98 Å². The Morgan fingerprint density at radius 2 is 1.67 bits per heavy atom. The Kier molecular flexibility index (Phi) is 3.09. The SMILES string of the molecule is Cc1ccc(-c2ccc(C(C)(C)O)c(=O)[nH]2)cc1. The molecular formula is C15H17NO2. The lowest BCUT2D eigenvalue weighted by atomic mass is 9.99. The van der Waals surface area contributed by atoms with Crippen molar-refractivity contribution in [2.75, 3.05) is 0 Å². The van der Waals surface area contributed by atoms with Gasteiger partial charge < -0.3 is 10.1 Å². The van der Waals surface area contributed by atoms with E-state index in [9.17, 15) is 9.90 Å². The summed E-state index contributed by atoms with van der Waals surface area (Å²) in [6.45, 7) is 5.22. The molecule has 0 radical (unpaired) electrons. The molecule has 0 saturated carbocycles. The number of aryl methyl sites for hydroxylation is 1. The molecular weight excluding hydrogens is 226 g/mol. The fourth-order valence-corrected chi connectivity index (χ4v) is 1.86. The highest BCUT2D eigenvalue weighted by molar-refractivity contribution is 5.59. The van der Waals surface area contributed by atoms with Gasteiger partial charge in [0.25, 0.3) is 5.56 Å². The molecule has 0 unspecified atom stereocenters. The van der Waals surface area contributed by atoms with Gasteiger partial charge >= 0.3 is 0 Å². The molecule has 1 aromatic carbocycles. The summed E-state index contributed by atoms with van der Waals surface area (Å²) in [5, 5.41) is 9.85. The highest BCUT2D eigenvalue weighted by atomic mass is 16.3. The Morgan fingerprint density at radius 1 is 1.06 bits per heavy atom. The minimum atomic E-state index is -1.13. The average Bonchev–Trinajstić information content (AvgIpc) is 2.28. The third-order valence-electron chi connectivity index (χ3n) is 2.93. The lowest BCUT2D eigenvalue weighted by molar-refractivity contribution is 0.0771. The van der Waals surface area contributed by atoms with Crippen LogP contribution in [0.2, 0.25) is 0 Å². The molecule has 0 bridgehead atoms. The van der Waals surface area contributed by atoms with E-state index in [1.807, 2.05) is 37.3 Å². The number of benzene rings is 1. The molecule has 0 aliphatic carbocycles. The van der Waals surface area contributed by atoms with Crippen molar-refractivity contribution in [3.05, 3.63) is 57.9 Å². The lowest BCUT2D eigenvalue weighted by Crippen LogP contribution is -2.26. The molecule has 0 aliphatic rings. The van der Waals surface area contributed by atoms with Gasteiger partial charge in [0.2, 0.25) is 0 Å². The second-order valence-electron chi connectivity index (χ2n) is 5.04. The normalized spacial score (nSPS) is 11.6. The molecule has 0 aliphatic heterocycles. The Hall–Kier alpha value is -1.87. The van der Waals surface area contributed by atoms with E-state index in [1.54, 1.807) is 19.9 Å². The van der Waals surface area contributed by atoms with E-state index < -0.39 is 5.60 Å². The number of hydrogen-bond acceptors (Lipinski definition) is 2. The van der Waals surface area contributed by atoms with E-state index >= 15 is 0 Å². The van der Waals surface area contributed by atoms with Gasteiger partial charge in [-0.25, -0.2) is 0 Å². The maximum Gasteiger partial charge on any atom is 0.254 e. The molecule has 2 rings (SSSR count). The molecule has 3 heteroatoms. The van der Waals surface area contributed by atoms with Gasteiger partial charge in [0, 0.05) is 11.3 Å². The number of aromatic amines is 1. The van der Waals surface area contributed by atoms with E-state index in [0.717, 1.165) is 11.3 Å². The minimum absolute atomic E-state index is 0.249. The number of rotatable bonds is 2. The molecule has 0 spiro atoms. The summed E-state index contributed by atoms with van der Waals surface area (Å²) >= 11 is 0. The van der Waals surface area contributed by atoms with Crippen LogP contribution >= 0.6 is 0 Å². The van der Waals surface area contributed by atoms with Crippen molar-refractivity contribution >= 4 is 0 Å². The maximum atomic E-state index is 11.9. The second-order valence-corrected chi connectivity index (χ2v) is 5.04. The number of aliphatic hydroxyl groups is 1. The van der Waals surface area contributed by atoms with Gasteiger partial charge in [0.1, 0.15) is 0 Å². The minimum Gasteiger partial charge on any atom is -0.386 e. The number of H-pyrrole nitrogens is 1. The summed E-state index contributed by atoms with van der Waals surface area (Å²) in [6.07, 6.45) is 0. The lowest BCUT2D eigenvalue weighted by Gasteiger charge is -2.16. The number of aromatic nitrogens is 1. The summed E-state index contributed by atoms with van der Waals surface area (Å²) in [5.74, 6) is 0. The zero-order valence-electron chi connectivity index (χ0n) is 10.8. The summed E-state index contributed by atoms with van der Waals surface area (Å²) in [7, 11) is 0. The van der Waals surface area contributed by atoms with Gasteiger partial charge in [-0.15, -0.1) is 0 Å². The first-order valence-corrected chi connectivity index (χ1v) is 5.91. The summed E-state index contributed by atoms with van der Waals surface area (Å²) < 4.78 is 0. The van der Waals surface area contributed by atoms with Gasteiger partial charge in [-0.1, -0.05) is 29.8 Å². The van der Waals surface area contributed by atoms with Crippen molar-refractivity contribution in [1.29, 1.82) is 0 Å². The highest BCUT2D eigenvalue weighted by Crippen LogP contribution is 2.20. The molecule has 0 atom stereocenters. The van der Waals surface area contributed by atoms with Crippen LogP contribution in [0.25, 0.3) is 11.3 Å². The third-order valence-corrected chi connectivity index (χ3v) is 2.93. The van der Waals surface area contributed by atoms with Crippen LogP contribution in [0.4, 0.5) is 0 Å². The fourth-order valence-electron chi connectivity index (χ4n) is 1.86. The van der Waals surface area contributed by atoms with Gasteiger partial charge in [0.05, 0.1) is 5.60 Å². The summed E-state index contributed by atoms with van der Waals surface area (Å²) in [4.78, 5) is 14.7. The van der Waals surface area contributed by atoms with Crippen LogP contribution in [0.5, 0.6) is 0 Å². The Morgan fingerprint density at radius 3 is 2.17 bits per heavy atom. The number of pyridine rings is 1. The maximum absolute atomic E-state index is 11.9. The molecule has 2 aromatic rings. The van der Waals surface area contributed by atoms with E-state index in [0.29, 0.717) is 5.56 Å². The second kappa shape index (κ2) is 4.42. The quantitative estimate of drug-likeness (QED) is 0.851. The smallest absolute Gasteiger partial charge is 0.254 e. The van der Waals surface area contributed by atoms with Gasteiger partial charge in [-0.05, 0) is 38.5 Å². The van der Waals surface area contributed by atoms with Crippen LogP contribution in [0, 0.1) is 6.92 Å². The first-order chi connectivity index (χ1) is 8.38. The predicted octanol–water partition coefficient (Wildman–Crippen LogP) is 2.58. The predicted molar refractivity (Wildman–Crippen MR) is 72.5 cm³/mol. The van der Waals surface area contributed by atoms with E-state index in [-0.39, 0.29) is 5.56 Å². The van der Waals surface area contributed by atoms with Crippen LogP contribution < -0.4 is 5.56 Å². The van der Waals surface area contributed by atoms with Crippen molar-refractivity contribution in [2.45, 2.75) is 26.4 Å². The Balaban J connectivity index is 2.47. The molecule has 18 heavy (non-hydrogen) atoms. The molecule has 2 N–H and O–H groups in total. The largest absolute Gasteiger partial charge is 0.386 e. The van der Waals surface area contributed by atoms with Crippen molar-refractivity contribution in [2.24, 2.45) is 0 Å². The molecule has 1 heterocycles. The fraction of sp³-hybridized carbons (Fsp3) is 0.267. The number of hydrogen-bond donors (Lipinski definition) is 2. The van der Waals surface area contributed by atoms with Crippen LogP contribution in [-0.4, -0.2) is 10.1 Å². The van der Waals surface area contributed by atoms with E-state index in [1.165, 1.54) is 5.56 Å². The molecule has 0 saturated heterocycles. The van der Waals surface area contributed by atoms with Crippen molar-refractivity contribution in [3.8, 4) is 11.3 Å². The van der Waals surface area contributed by atoms with Crippen molar-refractivity contribution < 1.29 is 5.11 Å². The Labute approximate surface area is 106 Å². The topological polar surface area (TPSA) is 53.1 Å². The molecule has 3 nitrogen and oxygen atoms in total. The van der Waals surface area contributed by atoms with Crippen LogP contribution in [0.1, 0.15) is 25.0 Å².